The van der Waals surface area contributed by atoms with Crippen LogP contribution in [0.2, 0.25) is 0 Å². The van der Waals surface area contributed by atoms with E-state index < -0.39 is 36.5 Å². The van der Waals surface area contributed by atoms with Crippen LogP contribution in [-0.4, -0.2) is 18.1 Å². The Labute approximate surface area is 220 Å². The Balaban J connectivity index is 1.87. The molecule has 39 heavy (non-hydrogen) atoms. The van der Waals surface area contributed by atoms with E-state index in [1.165, 1.54) is 41.3 Å². The molecule has 0 saturated carbocycles. The molecule has 204 valence electrons. The summed E-state index contributed by atoms with van der Waals surface area (Å²) >= 11 is 0. The minimum Gasteiger partial charge on any atom is -0.455 e. The zero-order valence-electron chi connectivity index (χ0n) is 20.3. The van der Waals surface area contributed by atoms with E-state index in [0.29, 0.717) is 5.75 Å². The van der Waals surface area contributed by atoms with Gasteiger partial charge >= 0.3 is 12.5 Å². The van der Waals surface area contributed by atoms with Gasteiger partial charge in [0.2, 0.25) is 0 Å². The predicted molar refractivity (Wildman–Crippen MR) is 134 cm³/mol. The van der Waals surface area contributed by atoms with Crippen LogP contribution in [0.3, 0.4) is 0 Å². The number of aliphatic hydroxyl groups excluding tert-OH is 1. The summed E-state index contributed by atoms with van der Waals surface area (Å²) in [5, 5.41) is 10.5. The van der Waals surface area contributed by atoms with Crippen LogP contribution in [0.15, 0.2) is 103 Å². The van der Waals surface area contributed by atoms with Crippen molar-refractivity contribution in [2.45, 2.75) is 25.1 Å². The van der Waals surface area contributed by atoms with Gasteiger partial charge in [0.1, 0.15) is 11.5 Å². The highest BCUT2D eigenvalue weighted by molar-refractivity contribution is 5.62. The Hall–Kier alpha value is -4.18. The second kappa shape index (κ2) is 11.7. The molecule has 0 aliphatic rings. The summed E-state index contributed by atoms with van der Waals surface area (Å²) in [6.45, 7) is -1.13. The Morgan fingerprint density at radius 3 is 1.95 bits per heavy atom. The first-order chi connectivity index (χ1) is 18.6. The van der Waals surface area contributed by atoms with Crippen molar-refractivity contribution in [3.05, 3.63) is 120 Å². The van der Waals surface area contributed by atoms with Crippen LogP contribution in [-0.2, 0) is 12.7 Å². The number of aliphatic hydroxyl groups is 1. The third-order valence-electron chi connectivity index (χ3n) is 5.86. The van der Waals surface area contributed by atoms with Gasteiger partial charge in [-0.25, -0.2) is 0 Å². The first kappa shape index (κ1) is 27.8. The molecule has 0 amide bonds. The maximum Gasteiger partial charge on any atom is 0.573 e. The smallest absolute Gasteiger partial charge is 0.455 e. The molecule has 4 nitrogen and oxygen atoms in total. The molecule has 0 radical (unpaired) electrons. The lowest BCUT2D eigenvalue weighted by molar-refractivity contribution is -0.274. The van der Waals surface area contributed by atoms with Gasteiger partial charge in [0.25, 0.3) is 0 Å². The average Bonchev–Trinajstić information content (AvgIpc) is 2.89. The second-order valence-electron chi connectivity index (χ2n) is 8.45. The van der Waals surface area contributed by atoms with Crippen molar-refractivity contribution in [2.24, 2.45) is 0 Å². The van der Waals surface area contributed by atoms with Crippen LogP contribution in [0.5, 0.6) is 17.2 Å². The molecule has 1 unspecified atom stereocenters. The number of hydrogen-bond donors (Lipinski definition) is 1. The van der Waals surface area contributed by atoms with Gasteiger partial charge in [-0.15, -0.1) is 13.2 Å². The average molecular weight is 547 g/mol. The highest BCUT2D eigenvalue weighted by Gasteiger charge is 2.37. The van der Waals surface area contributed by atoms with Crippen LogP contribution in [0.1, 0.15) is 22.7 Å². The SMILES string of the molecule is OCC(c1ccccc1C(F)(F)F)N(Cc1ccccc1OC(F)(F)F)c1ccccc1Oc1ccccc1. The summed E-state index contributed by atoms with van der Waals surface area (Å²) < 4.78 is 91.6. The molecule has 1 N–H and O–H groups in total. The number of ether oxygens (including phenoxy) is 2. The summed E-state index contributed by atoms with van der Waals surface area (Å²) in [5.74, 6) is 0.139. The van der Waals surface area contributed by atoms with E-state index in [9.17, 15) is 31.4 Å². The van der Waals surface area contributed by atoms with E-state index in [2.05, 4.69) is 4.74 Å². The van der Waals surface area contributed by atoms with Crippen molar-refractivity contribution in [3.8, 4) is 17.2 Å². The molecule has 4 rings (SSSR count). The van der Waals surface area contributed by atoms with E-state index >= 15 is 0 Å². The van der Waals surface area contributed by atoms with Gasteiger partial charge < -0.3 is 19.5 Å². The van der Waals surface area contributed by atoms with Gasteiger partial charge in [0, 0.05) is 12.1 Å². The van der Waals surface area contributed by atoms with Gasteiger partial charge in [-0.05, 0) is 42.0 Å². The molecule has 0 aliphatic carbocycles. The number of nitrogens with zero attached hydrogens (tertiary/aromatic N) is 1. The van der Waals surface area contributed by atoms with E-state index in [4.69, 9.17) is 4.74 Å². The number of hydrogen-bond acceptors (Lipinski definition) is 4. The lowest BCUT2D eigenvalue weighted by atomic mass is 9.97. The molecule has 0 fully saturated rings. The zero-order valence-corrected chi connectivity index (χ0v) is 20.3. The predicted octanol–water partition coefficient (Wildman–Crippen LogP) is 8.14. The number of alkyl halides is 6. The molecule has 4 aromatic carbocycles. The van der Waals surface area contributed by atoms with Crippen LogP contribution in [0, 0.1) is 0 Å². The number of rotatable bonds is 9. The van der Waals surface area contributed by atoms with E-state index in [0.717, 1.165) is 12.1 Å². The van der Waals surface area contributed by atoms with Crippen molar-refractivity contribution in [1.82, 2.24) is 0 Å². The summed E-state index contributed by atoms with van der Waals surface area (Å²) in [6, 6.07) is 23.8. The van der Waals surface area contributed by atoms with Crippen molar-refractivity contribution in [2.75, 3.05) is 11.5 Å². The van der Waals surface area contributed by atoms with Crippen molar-refractivity contribution < 1.29 is 40.9 Å². The summed E-state index contributed by atoms with van der Waals surface area (Å²) in [7, 11) is 0. The van der Waals surface area contributed by atoms with Gasteiger partial charge in [-0.1, -0.05) is 66.7 Å². The molecule has 10 heteroatoms. The first-order valence-corrected chi connectivity index (χ1v) is 11.8. The molecule has 0 spiro atoms. The molecule has 0 aliphatic heterocycles. The first-order valence-electron chi connectivity index (χ1n) is 11.8. The summed E-state index contributed by atoms with van der Waals surface area (Å²) in [5.41, 5.74) is -0.946. The third-order valence-corrected chi connectivity index (χ3v) is 5.86. The Morgan fingerprint density at radius 2 is 1.28 bits per heavy atom. The van der Waals surface area contributed by atoms with Gasteiger partial charge in [0.15, 0.2) is 5.75 Å². The fourth-order valence-corrected chi connectivity index (χ4v) is 4.21. The number of halogens is 6. The van der Waals surface area contributed by atoms with Crippen molar-refractivity contribution in [1.29, 1.82) is 0 Å². The summed E-state index contributed by atoms with van der Waals surface area (Å²) in [6.07, 6.45) is -9.73. The molecule has 0 aromatic heterocycles. The molecule has 0 heterocycles. The minimum absolute atomic E-state index is 0.0345. The van der Waals surface area contributed by atoms with Crippen LogP contribution in [0.4, 0.5) is 32.0 Å². The lowest BCUT2D eigenvalue weighted by Crippen LogP contribution is -2.33. The molecule has 0 bridgehead atoms. The molecular weight excluding hydrogens is 524 g/mol. The third kappa shape index (κ3) is 7.02. The second-order valence-corrected chi connectivity index (χ2v) is 8.45. The van der Waals surface area contributed by atoms with Crippen LogP contribution >= 0.6 is 0 Å². The number of anilines is 1. The Bertz CT molecular complexity index is 1380. The monoisotopic (exact) mass is 547 g/mol. The lowest BCUT2D eigenvalue weighted by Gasteiger charge is -2.35. The number of benzene rings is 4. The van der Waals surface area contributed by atoms with E-state index in [-0.39, 0.29) is 29.1 Å². The fraction of sp³-hybridized carbons (Fsp3) is 0.172. The van der Waals surface area contributed by atoms with Crippen LogP contribution in [0.25, 0.3) is 0 Å². The van der Waals surface area contributed by atoms with Gasteiger partial charge in [-0.2, -0.15) is 13.2 Å². The maximum absolute atomic E-state index is 14.0. The van der Waals surface area contributed by atoms with E-state index in [1.807, 2.05) is 0 Å². The molecular formula is C29H23F6NO3. The largest absolute Gasteiger partial charge is 0.573 e. The maximum atomic E-state index is 14.0. The van der Waals surface area contributed by atoms with E-state index in [1.54, 1.807) is 54.6 Å². The Kier molecular flexibility index (Phi) is 8.35. The van der Waals surface area contributed by atoms with Crippen molar-refractivity contribution >= 4 is 5.69 Å². The quantitative estimate of drug-likeness (QED) is 0.215. The number of para-hydroxylation sites is 4. The van der Waals surface area contributed by atoms with Gasteiger partial charge in [-0.3, -0.25) is 0 Å². The van der Waals surface area contributed by atoms with Crippen molar-refractivity contribution in [3.63, 3.8) is 0 Å². The summed E-state index contributed by atoms with van der Waals surface area (Å²) in [4.78, 5) is 1.38. The normalized spacial score (nSPS) is 12.6. The topological polar surface area (TPSA) is 41.9 Å². The zero-order chi connectivity index (χ0) is 28.0. The minimum atomic E-state index is -4.99. The standard InChI is InChI=1S/C29H23F6NO3/c30-28(31,32)23-14-6-5-13-22(23)25(19-37)36(18-20-10-4-8-16-26(20)39-29(33,34)35)24-15-7-9-17-27(24)38-21-11-2-1-3-12-21/h1-17,25,37H,18-19H2. The highest BCUT2D eigenvalue weighted by atomic mass is 19.4. The molecule has 1 atom stereocenters. The van der Waals surface area contributed by atoms with Crippen LogP contribution < -0.4 is 14.4 Å². The Morgan fingerprint density at radius 1 is 0.692 bits per heavy atom. The molecule has 4 aromatic rings. The van der Waals surface area contributed by atoms with Gasteiger partial charge in [0.05, 0.1) is 23.9 Å². The molecule has 0 saturated heterocycles. The fourth-order valence-electron chi connectivity index (χ4n) is 4.21. The highest BCUT2D eigenvalue weighted by Crippen LogP contribution is 2.42.